The third-order valence-electron chi connectivity index (χ3n) is 4.04. The highest BCUT2D eigenvalue weighted by Gasteiger charge is 2.24. The van der Waals surface area contributed by atoms with Crippen LogP contribution >= 0.6 is 0 Å². The number of benzene rings is 1. The predicted octanol–water partition coefficient (Wildman–Crippen LogP) is 1.50. The monoisotopic (exact) mass is 317 g/mol. The average molecular weight is 317 g/mol. The summed E-state index contributed by atoms with van der Waals surface area (Å²) < 4.78 is 0. The minimum atomic E-state index is -0.795. The first-order chi connectivity index (χ1) is 11.0. The summed E-state index contributed by atoms with van der Waals surface area (Å²) in [5.74, 6) is -1.81. The fourth-order valence-electron chi connectivity index (χ4n) is 2.60. The lowest BCUT2D eigenvalue weighted by Crippen LogP contribution is -2.49. The van der Waals surface area contributed by atoms with E-state index in [2.05, 4.69) is 16.0 Å². The first-order valence-corrected chi connectivity index (χ1v) is 7.95. The molecule has 0 spiro atoms. The largest absolute Gasteiger partial charge is 0.345 e. The summed E-state index contributed by atoms with van der Waals surface area (Å²) in [5.41, 5.74) is 1.62. The van der Waals surface area contributed by atoms with Crippen molar-refractivity contribution in [2.24, 2.45) is 0 Å². The highest BCUT2D eigenvalue weighted by molar-refractivity contribution is 6.35. The van der Waals surface area contributed by atoms with E-state index in [1.165, 1.54) is 0 Å². The highest BCUT2D eigenvalue weighted by atomic mass is 16.2. The highest BCUT2D eigenvalue weighted by Crippen LogP contribution is 2.17. The van der Waals surface area contributed by atoms with Crippen molar-refractivity contribution < 1.29 is 14.4 Å². The van der Waals surface area contributed by atoms with E-state index >= 15 is 0 Å². The maximum atomic E-state index is 12.1. The second-order valence-electron chi connectivity index (χ2n) is 5.95. The molecule has 1 unspecified atom stereocenters. The van der Waals surface area contributed by atoms with Crippen molar-refractivity contribution in [3.05, 3.63) is 29.8 Å². The number of para-hydroxylation sites is 1. The molecule has 124 valence electrons. The fraction of sp³-hybridized carbons (Fsp3) is 0.471. The van der Waals surface area contributed by atoms with Gasteiger partial charge in [0.15, 0.2) is 0 Å². The van der Waals surface area contributed by atoms with E-state index in [1.807, 2.05) is 25.1 Å². The van der Waals surface area contributed by atoms with Gasteiger partial charge in [-0.05, 0) is 38.3 Å². The Morgan fingerprint density at radius 3 is 2.39 bits per heavy atom. The Bertz CT molecular complexity index is 595. The van der Waals surface area contributed by atoms with Crippen LogP contribution in [0.2, 0.25) is 0 Å². The van der Waals surface area contributed by atoms with Crippen LogP contribution in [-0.2, 0) is 14.4 Å². The van der Waals surface area contributed by atoms with Crippen LogP contribution in [-0.4, -0.2) is 29.8 Å². The lowest BCUT2D eigenvalue weighted by Gasteiger charge is -2.16. The third kappa shape index (κ3) is 4.81. The molecule has 3 N–H and O–H groups in total. The molecule has 1 aromatic rings. The van der Waals surface area contributed by atoms with Gasteiger partial charge in [0.1, 0.15) is 6.04 Å². The predicted molar refractivity (Wildman–Crippen MR) is 87.8 cm³/mol. The van der Waals surface area contributed by atoms with Gasteiger partial charge in [-0.2, -0.15) is 0 Å². The fourth-order valence-corrected chi connectivity index (χ4v) is 2.60. The molecule has 3 amide bonds. The van der Waals surface area contributed by atoms with E-state index in [0.29, 0.717) is 5.69 Å². The second kappa shape index (κ2) is 7.76. The number of aryl methyl sites for hydroxylation is 1. The first kappa shape index (κ1) is 17.0. The van der Waals surface area contributed by atoms with Crippen molar-refractivity contribution in [2.45, 2.75) is 51.6 Å². The van der Waals surface area contributed by atoms with Gasteiger partial charge >= 0.3 is 11.8 Å². The van der Waals surface area contributed by atoms with Crippen LogP contribution in [0.1, 0.15) is 38.2 Å². The molecule has 0 aliphatic heterocycles. The SMILES string of the molecule is Cc1ccccc1NC(=O)C(C)NC(=O)C(=O)NC1CCCC1. The summed E-state index contributed by atoms with van der Waals surface area (Å²) in [6.45, 7) is 3.43. The lowest BCUT2D eigenvalue weighted by atomic mass is 10.2. The van der Waals surface area contributed by atoms with Crippen LogP contribution in [0, 0.1) is 6.92 Å². The quantitative estimate of drug-likeness (QED) is 0.735. The van der Waals surface area contributed by atoms with Gasteiger partial charge < -0.3 is 16.0 Å². The Kier molecular flexibility index (Phi) is 5.73. The molecular formula is C17H23N3O3. The van der Waals surface area contributed by atoms with Crippen molar-refractivity contribution in [2.75, 3.05) is 5.32 Å². The minimum absolute atomic E-state index is 0.0735. The van der Waals surface area contributed by atoms with Crippen LogP contribution < -0.4 is 16.0 Å². The third-order valence-corrected chi connectivity index (χ3v) is 4.04. The summed E-state index contributed by atoms with van der Waals surface area (Å²) in [7, 11) is 0. The van der Waals surface area contributed by atoms with Crippen LogP contribution in [0.4, 0.5) is 5.69 Å². The van der Waals surface area contributed by atoms with Crippen molar-refractivity contribution in [1.82, 2.24) is 10.6 Å². The Morgan fingerprint density at radius 1 is 1.09 bits per heavy atom. The Balaban J connectivity index is 1.83. The molecule has 1 aromatic carbocycles. The number of anilines is 1. The van der Waals surface area contributed by atoms with Gasteiger partial charge in [0, 0.05) is 11.7 Å². The second-order valence-corrected chi connectivity index (χ2v) is 5.95. The number of amides is 3. The van der Waals surface area contributed by atoms with Crippen LogP contribution in [0.3, 0.4) is 0 Å². The van der Waals surface area contributed by atoms with E-state index in [9.17, 15) is 14.4 Å². The molecule has 0 aromatic heterocycles. The molecule has 1 aliphatic carbocycles. The summed E-state index contributed by atoms with van der Waals surface area (Å²) in [6.07, 6.45) is 3.95. The van der Waals surface area contributed by atoms with Crippen molar-refractivity contribution >= 4 is 23.4 Å². The number of carbonyl (C=O) groups is 3. The Morgan fingerprint density at radius 2 is 1.74 bits per heavy atom. The molecule has 6 heteroatoms. The van der Waals surface area contributed by atoms with Gasteiger partial charge in [-0.3, -0.25) is 14.4 Å². The van der Waals surface area contributed by atoms with Crippen LogP contribution in [0.15, 0.2) is 24.3 Å². The zero-order chi connectivity index (χ0) is 16.8. The Hall–Kier alpha value is -2.37. The summed E-state index contributed by atoms with van der Waals surface area (Å²) in [6, 6.07) is 6.65. The minimum Gasteiger partial charge on any atom is -0.345 e. The maximum absolute atomic E-state index is 12.1. The normalized spacial score (nSPS) is 15.7. The van der Waals surface area contributed by atoms with Crippen LogP contribution in [0.5, 0.6) is 0 Å². The molecule has 6 nitrogen and oxygen atoms in total. The van der Waals surface area contributed by atoms with Gasteiger partial charge in [-0.15, -0.1) is 0 Å². The summed E-state index contributed by atoms with van der Waals surface area (Å²) in [4.78, 5) is 35.8. The first-order valence-electron chi connectivity index (χ1n) is 7.95. The van der Waals surface area contributed by atoms with E-state index < -0.39 is 17.9 Å². The number of carbonyl (C=O) groups excluding carboxylic acids is 3. The van der Waals surface area contributed by atoms with Crippen molar-refractivity contribution in [3.63, 3.8) is 0 Å². The lowest BCUT2D eigenvalue weighted by molar-refractivity contribution is -0.140. The molecule has 23 heavy (non-hydrogen) atoms. The van der Waals surface area contributed by atoms with Gasteiger partial charge in [0.05, 0.1) is 0 Å². The summed E-state index contributed by atoms with van der Waals surface area (Å²) >= 11 is 0. The Labute approximate surface area is 136 Å². The van der Waals surface area contributed by atoms with Crippen molar-refractivity contribution in [3.8, 4) is 0 Å². The standard InChI is InChI=1S/C17H23N3O3/c1-11-7-3-6-10-14(11)20-15(21)12(2)18-16(22)17(23)19-13-8-4-5-9-13/h3,6-7,10,12-13H,4-5,8-9H2,1-2H3,(H,18,22)(H,19,23)(H,20,21). The molecule has 0 radical (unpaired) electrons. The van der Waals surface area contributed by atoms with Gasteiger partial charge in [0.25, 0.3) is 0 Å². The van der Waals surface area contributed by atoms with Gasteiger partial charge in [0.2, 0.25) is 5.91 Å². The molecule has 1 fully saturated rings. The van der Waals surface area contributed by atoms with E-state index in [-0.39, 0.29) is 11.9 Å². The van der Waals surface area contributed by atoms with Crippen LogP contribution in [0.25, 0.3) is 0 Å². The smallest absolute Gasteiger partial charge is 0.309 e. The van der Waals surface area contributed by atoms with E-state index in [4.69, 9.17) is 0 Å². The molecular weight excluding hydrogens is 294 g/mol. The zero-order valence-electron chi connectivity index (χ0n) is 13.5. The van der Waals surface area contributed by atoms with E-state index in [0.717, 1.165) is 31.2 Å². The number of hydrogen-bond acceptors (Lipinski definition) is 3. The van der Waals surface area contributed by atoms with Gasteiger partial charge in [-0.25, -0.2) is 0 Å². The molecule has 0 heterocycles. The van der Waals surface area contributed by atoms with E-state index in [1.54, 1.807) is 13.0 Å². The molecule has 1 saturated carbocycles. The van der Waals surface area contributed by atoms with Gasteiger partial charge in [-0.1, -0.05) is 31.0 Å². The number of hydrogen-bond donors (Lipinski definition) is 3. The molecule has 1 aliphatic rings. The molecule has 0 bridgehead atoms. The number of nitrogens with one attached hydrogen (secondary N) is 3. The zero-order valence-corrected chi connectivity index (χ0v) is 13.5. The molecule has 0 saturated heterocycles. The summed E-state index contributed by atoms with van der Waals surface area (Å²) in [5, 5.41) is 7.87. The maximum Gasteiger partial charge on any atom is 0.309 e. The average Bonchev–Trinajstić information content (AvgIpc) is 3.02. The topological polar surface area (TPSA) is 87.3 Å². The number of rotatable bonds is 4. The molecule has 2 rings (SSSR count). The van der Waals surface area contributed by atoms with Crippen molar-refractivity contribution in [1.29, 1.82) is 0 Å². The molecule has 1 atom stereocenters.